The molecule has 1 aromatic carbocycles. The summed E-state index contributed by atoms with van der Waals surface area (Å²) in [6, 6.07) is 8.54. The molecular formula is C34H43N5O3. The monoisotopic (exact) mass is 569 g/mol. The van der Waals surface area contributed by atoms with Gasteiger partial charge in [0.1, 0.15) is 5.82 Å². The second-order valence-corrected chi connectivity index (χ2v) is 14.2. The number of rotatable bonds is 9. The first-order valence-corrected chi connectivity index (χ1v) is 16.4. The van der Waals surface area contributed by atoms with Crippen molar-refractivity contribution in [2.75, 3.05) is 24.7 Å². The lowest BCUT2D eigenvalue weighted by Gasteiger charge is -2.53. The van der Waals surface area contributed by atoms with Gasteiger partial charge in [-0.2, -0.15) is 4.98 Å². The minimum atomic E-state index is 0.0221. The summed E-state index contributed by atoms with van der Waals surface area (Å²) in [6.45, 7) is 2.28. The van der Waals surface area contributed by atoms with E-state index < -0.39 is 0 Å². The molecule has 0 N–H and O–H groups in total. The highest BCUT2D eigenvalue weighted by Gasteiger charge is 2.53. The molecule has 2 bridgehead atoms. The van der Waals surface area contributed by atoms with Crippen molar-refractivity contribution < 1.29 is 14.1 Å². The molecule has 1 amide bonds. The van der Waals surface area contributed by atoms with Gasteiger partial charge >= 0.3 is 0 Å². The van der Waals surface area contributed by atoms with Gasteiger partial charge in [-0.1, -0.05) is 17.3 Å². The molecule has 8 heteroatoms. The SMILES string of the molecule is Cn1cc(-c2cccc(N(CC34CCC(c5nc(C6CC6)no5)(CC3)CC4)C(=O)CC3CCCOC3)c2)nc1C1CC1. The number of carbonyl (C=O) groups is 1. The van der Waals surface area contributed by atoms with Gasteiger partial charge in [-0.3, -0.25) is 4.79 Å². The van der Waals surface area contributed by atoms with Crippen LogP contribution in [0.4, 0.5) is 5.69 Å². The fourth-order valence-corrected chi connectivity index (χ4v) is 7.94. The molecule has 5 saturated carbocycles. The third-order valence-electron chi connectivity index (χ3n) is 11.1. The Morgan fingerprint density at radius 3 is 2.52 bits per heavy atom. The summed E-state index contributed by atoms with van der Waals surface area (Å²) in [4.78, 5) is 26.2. The van der Waals surface area contributed by atoms with Crippen LogP contribution < -0.4 is 4.90 Å². The Bertz CT molecular complexity index is 1440. The van der Waals surface area contributed by atoms with Gasteiger partial charge in [0.2, 0.25) is 11.8 Å². The van der Waals surface area contributed by atoms with E-state index in [0.29, 0.717) is 30.8 Å². The summed E-state index contributed by atoms with van der Waals surface area (Å²) < 4.78 is 13.8. The van der Waals surface area contributed by atoms with Crippen LogP contribution in [0.2, 0.25) is 0 Å². The zero-order valence-electron chi connectivity index (χ0n) is 24.9. The van der Waals surface area contributed by atoms with Crippen LogP contribution in [0.15, 0.2) is 35.0 Å². The predicted octanol–water partition coefficient (Wildman–Crippen LogP) is 6.67. The molecule has 3 heterocycles. The van der Waals surface area contributed by atoms with Crippen LogP contribution in [0.1, 0.15) is 113 Å². The molecule has 1 atom stereocenters. The van der Waals surface area contributed by atoms with Gasteiger partial charge in [0, 0.05) is 67.9 Å². The van der Waals surface area contributed by atoms with Crippen LogP contribution in [-0.2, 0) is 22.0 Å². The van der Waals surface area contributed by atoms with Crippen LogP contribution in [0.3, 0.4) is 0 Å². The molecule has 1 unspecified atom stereocenters. The summed E-state index contributed by atoms with van der Waals surface area (Å²) in [5.41, 5.74) is 3.22. The van der Waals surface area contributed by atoms with Crippen molar-refractivity contribution >= 4 is 11.6 Å². The molecule has 1 saturated heterocycles. The quantitative estimate of drug-likeness (QED) is 0.286. The van der Waals surface area contributed by atoms with Gasteiger partial charge < -0.3 is 18.7 Å². The molecule has 42 heavy (non-hydrogen) atoms. The number of amides is 1. The van der Waals surface area contributed by atoms with Gasteiger partial charge in [0.05, 0.1) is 5.69 Å². The molecule has 8 nitrogen and oxygen atoms in total. The van der Waals surface area contributed by atoms with E-state index in [2.05, 4.69) is 52.1 Å². The maximum absolute atomic E-state index is 14.1. The number of fused-ring (bicyclic) bond motifs is 3. The Kier molecular flexibility index (Phi) is 6.54. The van der Waals surface area contributed by atoms with Crippen molar-refractivity contribution in [3.8, 4) is 11.3 Å². The average molecular weight is 570 g/mol. The Labute approximate surface area is 248 Å². The van der Waals surface area contributed by atoms with Crippen LogP contribution in [-0.4, -0.2) is 45.4 Å². The van der Waals surface area contributed by atoms with E-state index in [-0.39, 0.29) is 16.7 Å². The average Bonchev–Trinajstić information content (AvgIpc) is 3.97. The molecule has 6 aliphatic rings. The molecule has 3 aromatic rings. The fourth-order valence-electron chi connectivity index (χ4n) is 7.94. The van der Waals surface area contributed by atoms with Crippen LogP contribution in [0.5, 0.6) is 0 Å². The number of anilines is 1. The number of hydrogen-bond donors (Lipinski definition) is 0. The largest absolute Gasteiger partial charge is 0.381 e. The van der Waals surface area contributed by atoms with Crippen LogP contribution in [0.25, 0.3) is 11.3 Å². The molecule has 9 rings (SSSR count). The number of ether oxygens (including phenoxy) is 1. The third-order valence-corrected chi connectivity index (χ3v) is 11.1. The van der Waals surface area contributed by atoms with Gasteiger partial charge in [-0.25, -0.2) is 4.98 Å². The minimum absolute atomic E-state index is 0.0221. The maximum Gasteiger partial charge on any atom is 0.232 e. The summed E-state index contributed by atoms with van der Waals surface area (Å²) in [5.74, 6) is 4.61. The van der Waals surface area contributed by atoms with Gasteiger partial charge in [0.15, 0.2) is 5.82 Å². The van der Waals surface area contributed by atoms with E-state index in [4.69, 9.17) is 19.2 Å². The summed E-state index contributed by atoms with van der Waals surface area (Å²) in [6.07, 6.45) is 16.1. The first-order chi connectivity index (χ1) is 20.5. The normalized spacial score (nSPS) is 29.1. The lowest BCUT2D eigenvalue weighted by atomic mass is 9.53. The van der Waals surface area contributed by atoms with Gasteiger partial charge in [-0.05, 0) is 101 Å². The van der Waals surface area contributed by atoms with E-state index in [1.165, 1.54) is 31.5 Å². The zero-order chi connectivity index (χ0) is 28.3. The maximum atomic E-state index is 14.1. The highest BCUT2D eigenvalue weighted by Crippen LogP contribution is 2.58. The molecule has 0 radical (unpaired) electrons. The molecule has 0 spiro atoms. The van der Waals surface area contributed by atoms with E-state index in [9.17, 15) is 4.79 Å². The summed E-state index contributed by atoms with van der Waals surface area (Å²) >= 11 is 0. The lowest BCUT2D eigenvalue weighted by molar-refractivity contribution is -0.121. The Morgan fingerprint density at radius 2 is 1.81 bits per heavy atom. The number of carbonyl (C=O) groups excluding carboxylic acids is 1. The van der Waals surface area contributed by atoms with Crippen molar-refractivity contribution in [3.63, 3.8) is 0 Å². The highest BCUT2D eigenvalue weighted by atomic mass is 16.5. The zero-order valence-corrected chi connectivity index (χ0v) is 24.9. The minimum Gasteiger partial charge on any atom is -0.381 e. The number of hydrogen-bond acceptors (Lipinski definition) is 6. The standard InChI is InChI=1S/C34H43N5O3/c1-38-20-28(35-31(38)25-9-10-25)26-5-2-6-27(19-26)39(29(40)18-23-4-3-17-41-21-23)22-33-11-14-34(15-12-33,16-13-33)32-36-30(37-42-32)24-7-8-24/h2,5-6,19-20,23-25H,3-4,7-18,21-22H2,1H3. The smallest absolute Gasteiger partial charge is 0.232 e. The molecule has 1 aliphatic heterocycles. The summed E-state index contributed by atoms with van der Waals surface area (Å²) in [7, 11) is 2.10. The second kappa shape index (κ2) is 10.3. The Balaban J connectivity index is 1.05. The van der Waals surface area contributed by atoms with E-state index in [0.717, 1.165) is 93.2 Å². The van der Waals surface area contributed by atoms with Gasteiger partial charge in [0.25, 0.3) is 0 Å². The number of aryl methyl sites for hydroxylation is 1. The predicted molar refractivity (Wildman–Crippen MR) is 159 cm³/mol. The fraction of sp³-hybridized carbons (Fsp3) is 0.647. The van der Waals surface area contributed by atoms with Crippen LogP contribution >= 0.6 is 0 Å². The third kappa shape index (κ3) is 4.99. The van der Waals surface area contributed by atoms with E-state index in [1.54, 1.807) is 0 Å². The van der Waals surface area contributed by atoms with Crippen molar-refractivity contribution in [1.82, 2.24) is 19.7 Å². The first-order valence-electron chi connectivity index (χ1n) is 16.4. The van der Waals surface area contributed by atoms with Crippen molar-refractivity contribution in [1.29, 1.82) is 0 Å². The first kappa shape index (κ1) is 26.6. The second-order valence-electron chi connectivity index (χ2n) is 14.2. The number of benzene rings is 1. The van der Waals surface area contributed by atoms with E-state index >= 15 is 0 Å². The van der Waals surface area contributed by atoms with Crippen molar-refractivity contribution in [3.05, 3.63) is 48.0 Å². The van der Waals surface area contributed by atoms with Crippen LogP contribution in [0, 0.1) is 11.3 Å². The Morgan fingerprint density at radius 1 is 1.02 bits per heavy atom. The molecule has 6 fully saturated rings. The Hall–Kier alpha value is -3.00. The summed E-state index contributed by atoms with van der Waals surface area (Å²) in [5, 5.41) is 4.34. The highest BCUT2D eigenvalue weighted by molar-refractivity contribution is 5.94. The number of aromatic nitrogens is 4. The number of imidazole rings is 1. The topological polar surface area (TPSA) is 86.3 Å². The van der Waals surface area contributed by atoms with Crippen molar-refractivity contribution in [2.45, 2.75) is 101 Å². The lowest BCUT2D eigenvalue weighted by Crippen LogP contribution is -2.51. The molecule has 222 valence electrons. The van der Waals surface area contributed by atoms with Gasteiger partial charge in [-0.15, -0.1) is 0 Å². The molecular weight excluding hydrogens is 526 g/mol. The molecule has 5 aliphatic carbocycles. The number of nitrogens with zero attached hydrogens (tertiary/aromatic N) is 5. The van der Waals surface area contributed by atoms with E-state index in [1.807, 2.05) is 0 Å². The van der Waals surface area contributed by atoms with Crippen molar-refractivity contribution in [2.24, 2.45) is 18.4 Å². The molecule has 2 aromatic heterocycles.